The maximum Gasteiger partial charge on any atom is 0.151 e. The van der Waals surface area contributed by atoms with Gasteiger partial charge in [-0.05, 0) is 26.5 Å². The number of carbonyl (C=O) groups is 1. The van der Waals surface area contributed by atoms with Crippen LogP contribution >= 0.6 is 0 Å². The SMILES string of the molecule is CC(C)N(C)CC(=O)Cc1ccccc1. The Labute approximate surface area is 91.9 Å². The number of rotatable bonds is 5. The van der Waals surface area contributed by atoms with Crippen molar-refractivity contribution in [3.05, 3.63) is 35.9 Å². The Kier molecular flexibility index (Phi) is 4.50. The number of ketones is 1. The summed E-state index contributed by atoms with van der Waals surface area (Å²) < 4.78 is 0. The number of benzene rings is 1. The molecule has 0 unspecified atom stereocenters. The van der Waals surface area contributed by atoms with Crippen molar-refractivity contribution in [2.24, 2.45) is 0 Å². The standard InChI is InChI=1S/C13H19NO/c1-11(2)14(3)10-13(15)9-12-7-5-4-6-8-12/h4-8,11H,9-10H2,1-3H3. The van der Waals surface area contributed by atoms with Gasteiger partial charge < -0.3 is 0 Å². The van der Waals surface area contributed by atoms with Crippen molar-refractivity contribution in [1.29, 1.82) is 0 Å². The highest BCUT2D eigenvalue weighted by Crippen LogP contribution is 2.02. The molecule has 0 aliphatic carbocycles. The topological polar surface area (TPSA) is 20.3 Å². The number of likely N-dealkylation sites (N-methyl/N-ethyl adjacent to an activating group) is 1. The quantitative estimate of drug-likeness (QED) is 0.734. The van der Waals surface area contributed by atoms with Crippen LogP contribution in [-0.4, -0.2) is 30.3 Å². The van der Waals surface area contributed by atoms with Gasteiger partial charge in [0, 0.05) is 12.5 Å². The number of Topliss-reactive ketones (excluding diaryl/α,β-unsaturated/α-hetero) is 1. The molecule has 1 aromatic carbocycles. The van der Waals surface area contributed by atoms with E-state index < -0.39 is 0 Å². The van der Waals surface area contributed by atoms with E-state index in [1.807, 2.05) is 37.4 Å². The van der Waals surface area contributed by atoms with Crippen molar-refractivity contribution in [2.45, 2.75) is 26.3 Å². The third-order valence-corrected chi connectivity index (χ3v) is 2.55. The average molecular weight is 205 g/mol. The molecule has 2 heteroatoms. The summed E-state index contributed by atoms with van der Waals surface area (Å²) in [5, 5.41) is 0. The van der Waals surface area contributed by atoms with Gasteiger partial charge in [-0.3, -0.25) is 9.69 Å². The van der Waals surface area contributed by atoms with Crippen LogP contribution in [0.15, 0.2) is 30.3 Å². The molecule has 0 aliphatic heterocycles. The van der Waals surface area contributed by atoms with Crippen LogP contribution in [0.25, 0.3) is 0 Å². The molecule has 0 saturated carbocycles. The highest BCUT2D eigenvalue weighted by molar-refractivity contribution is 5.82. The summed E-state index contributed by atoms with van der Waals surface area (Å²) in [6, 6.07) is 10.3. The molecule has 0 aromatic heterocycles. The van der Waals surface area contributed by atoms with Crippen molar-refractivity contribution >= 4 is 5.78 Å². The van der Waals surface area contributed by atoms with Gasteiger partial charge in [-0.25, -0.2) is 0 Å². The molecule has 1 rings (SSSR count). The third-order valence-electron chi connectivity index (χ3n) is 2.55. The fourth-order valence-corrected chi connectivity index (χ4v) is 1.34. The first kappa shape index (κ1) is 11.9. The Morgan fingerprint density at radius 1 is 1.27 bits per heavy atom. The summed E-state index contributed by atoms with van der Waals surface area (Å²) in [4.78, 5) is 13.7. The Morgan fingerprint density at radius 2 is 1.87 bits per heavy atom. The molecule has 0 fully saturated rings. The minimum Gasteiger partial charge on any atom is -0.298 e. The van der Waals surface area contributed by atoms with Crippen LogP contribution in [0.2, 0.25) is 0 Å². The van der Waals surface area contributed by atoms with Crippen molar-refractivity contribution in [3.63, 3.8) is 0 Å². The summed E-state index contributed by atoms with van der Waals surface area (Å²) in [5.74, 6) is 0.275. The van der Waals surface area contributed by atoms with Gasteiger partial charge >= 0.3 is 0 Å². The Hall–Kier alpha value is -1.15. The lowest BCUT2D eigenvalue weighted by Crippen LogP contribution is -2.32. The first-order chi connectivity index (χ1) is 7.09. The Bertz CT molecular complexity index is 306. The fraction of sp³-hybridized carbons (Fsp3) is 0.462. The normalized spacial score (nSPS) is 11.0. The van der Waals surface area contributed by atoms with E-state index in [1.165, 1.54) is 0 Å². The molecule has 0 bridgehead atoms. The van der Waals surface area contributed by atoms with Gasteiger partial charge in [-0.2, -0.15) is 0 Å². The molecule has 0 radical (unpaired) electrons. The van der Waals surface area contributed by atoms with Gasteiger partial charge in [0.1, 0.15) is 0 Å². The first-order valence-electron chi connectivity index (χ1n) is 5.35. The molecule has 0 N–H and O–H groups in total. The highest BCUT2D eigenvalue weighted by atomic mass is 16.1. The Balaban J connectivity index is 2.43. The van der Waals surface area contributed by atoms with Crippen molar-refractivity contribution in [3.8, 4) is 0 Å². The molecular formula is C13H19NO. The van der Waals surface area contributed by atoms with Crippen molar-refractivity contribution in [2.75, 3.05) is 13.6 Å². The minimum atomic E-state index is 0.275. The van der Waals surface area contributed by atoms with Gasteiger partial charge in [0.05, 0.1) is 6.54 Å². The smallest absolute Gasteiger partial charge is 0.151 e. The van der Waals surface area contributed by atoms with Gasteiger partial charge in [0.2, 0.25) is 0 Å². The van der Waals surface area contributed by atoms with Gasteiger partial charge in [-0.1, -0.05) is 30.3 Å². The van der Waals surface area contributed by atoms with E-state index in [9.17, 15) is 4.79 Å². The summed E-state index contributed by atoms with van der Waals surface area (Å²) >= 11 is 0. The largest absolute Gasteiger partial charge is 0.298 e. The predicted octanol–water partition coefficient (Wildman–Crippen LogP) is 2.14. The monoisotopic (exact) mass is 205 g/mol. The second kappa shape index (κ2) is 5.66. The zero-order valence-corrected chi connectivity index (χ0v) is 9.73. The molecule has 0 atom stereocenters. The van der Waals surface area contributed by atoms with Crippen molar-refractivity contribution in [1.82, 2.24) is 4.90 Å². The zero-order valence-electron chi connectivity index (χ0n) is 9.73. The molecule has 1 aromatic rings. The Morgan fingerprint density at radius 3 is 2.40 bits per heavy atom. The van der Waals surface area contributed by atoms with E-state index in [2.05, 4.69) is 18.7 Å². The number of carbonyl (C=O) groups excluding carboxylic acids is 1. The van der Waals surface area contributed by atoms with Crippen molar-refractivity contribution < 1.29 is 4.79 Å². The molecule has 0 heterocycles. The molecule has 0 saturated heterocycles. The molecule has 0 spiro atoms. The zero-order chi connectivity index (χ0) is 11.3. The second-order valence-corrected chi connectivity index (χ2v) is 4.21. The molecule has 0 aliphatic rings. The lowest BCUT2D eigenvalue weighted by Gasteiger charge is -2.19. The average Bonchev–Trinajstić information content (AvgIpc) is 2.18. The van der Waals surface area contributed by atoms with E-state index in [0.717, 1.165) is 5.56 Å². The van der Waals surface area contributed by atoms with Crippen LogP contribution in [0.4, 0.5) is 0 Å². The molecule has 15 heavy (non-hydrogen) atoms. The first-order valence-corrected chi connectivity index (χ1v) is 5.35. The molecular weight excluding hydrogens is 186 g/mol. The summed E-state index contributed by atoms with van der Waals surface area (Å²) in [7, 11) is 1.98. The van der Waals surface area contributed by atoms with Crippen LogP contribution < -0.4 is 0 Å². The van der Waals surface area contributed by atoms with Crippen LogP contribution in [-0.2, 0) is 11.2 Å². The number of hydrogen-bond acceptors (Lipinski definition) is 2. The number of hydrogen-bond donors (Lipinski definition) is 0. The predicted molar refractivity (Wildman–Crippen MR) is 62.9 cm³/mol. The van der Waals surface area contributed by atoms with E-state index in [-0.39, 0.29) is 5.78 Å². The highest BCUT2D eigenvalue weighted by Gasteiger charge is 2.09. The summed E-state index contributed by atoms with van der Waals surface area (Å²) in [5.41, 5.74) is 1.10. The van der Waals surface area contributed by atoms with Crippen LogP contribution in [0.1, 0.15) is 19.4 Å². The van der Waals surface area contributed by atoms with E-state index >= 15 is 0 Å². The molecule has 2 nitrogen and oxygen atoms in total. The number of nitrogens with zero attached hydrogens (tertiary/aromatic N) is 1. The minimum absolute atomic E-state index is 0.275. The van der Waals surface area contributed by atoms with Gasteiger partial charge in [0.25, 0.3) is 0 Å². The van der Waals surface area contributed by atoms with E-state index in [4.69, 9.17) is 0 Å². The fourth-order valence-electron chi connectivity index (χ4n) is 1.34. The lowest BCUT2D eigenvalue weighted by molar-refractivity contribution is -0.119. The third kappa shape index (κ3) is 4.26. The lowest BCUT2D eigenvalue weighted by atomic mass is 10.1. The van der Waals surface area contributed by atoms with E-state index in [1.54, 1.807) is 0 Å². The molecule has 82 valence electrons. The van der Waals surface area contributed by atoms with Gasteiger partial charge in [0.15, 0.2) is 5.78 Å². The molecule has 0 amide bonds. The van der Waals surface area contributed by atoms with Gasteiger partial charge in [-0.15, -0.1) is 0 Å². The van der Waals surface area contributed by atoms with E-state index in [0.29, 0.717) is 19.0 Å². The van der Waals surface area contributed by atoms with Crippen LogP contribution in [0.3, 0.4) is 0 Å². The second-order valence-electron chi connectivity index (χ2n) is 4.21. The maximum absolute atomic E-state index is 11.7. The summed E-state index contributed by atoms with van der Waals surface area (Å²) in [6.45, 7) is 4.72. The van der Waals surface area contributed by atoms with Crippen LogP contribution in [0.5, 0.6) is 0 Å². The van der Waals surface area contributed by atoms with Crippen LogP contribution in [0, 0.1) is 0 Å². The maximum atomic E-state index is 11.7. The summed E-state index contributed by atoms with van der Waals surface area (Å²) in [6.07, 6.45) is 0.540.